The molecule has 0 aliphatic carbocycles. The van der Waals surface area contributed by atoms with E-state index in [1.54, 1.807) is 31.2 Å². The summed E-state index contributed by atoms with van der Waals surface area (Å²) in [7, 11) is -3.92. The van der Waals surface area contributed by atoms with E-state index in [1.165, 1.54) is 23.1 Å². The van der Waals surface area contributed by atoms with Crippen LogP contribution >= 0.6 is 34.8 Å². The summed E-state index contributed by atoms with van der Waals surface area (Å²) in [5.74, 6) is -0.911. The van der Waals surface area contributed by atoms with Crippen molar-refractivity contribution in [2.75, 3.05) is 17.1 Å². The van der Waals surface area contributed by atoms with Gasteiger partial charge in [0, 0.05) is 22.1 Å². The van der Waals surface area contributed by atoms with Crippen molar-refractivity contribution in [1.29, 1.82) is 0 Å². The number of anilines is 1. The maximum absolute atomic E-state index is 13.6. The second kappa shape index (κ2) is 11.8. The molecule has 2 aromatic carbocycles. The van der Waals surface area contributed by atoms with E-state index in [0.29, 0.717) is 11.4 Å². The van der Waals surface area contributed by atoms with Crippen LogP contribution in [0.1, 0.15) is 39.7 Å². The summed E-state index contributed by atoms with van der Waals surface area (Å²) in [4.78, 5) is 28.2. The molecular formula is C24H30Cl3N3O4S. The molecule has 2 aromatic rings. The van der Waals surface area contributed by atoms with Gasteiger partial charge in [0.15, 0.2) is 0 Å². The predicted octanol–water partition coefficient (Wildman–Crippen LogP) is 5.13. The smallest absolute Gasteiger partial charge is 0.244 e. The van der Waals surface area contributed by atoms with Crippen molar-refractivity contribution in [1.82, 2.24) is 10.2 Å². The van der Waals surface area contributed by atoms with Crippen LogP contribution < -0.4 is 9.62 Å². The van der Waals surface area contributed by atoms with Gasteiger partial charge in [0.25, 0.3) is 0 Å². The van der Waals surface area contributed by atoms with Gasteiger partial charge in [-0.3, -0.25) is 13.9 Å². The van der Waals surface area contributed by atoms with Crippen LogP contribution in [0.5, 0.6) is 0 Å². The van der Waals surface area contributed by atoms with Crippen molar-refractivity contribution < 1.29 is 18.0 Å². The number of halogens is 3. The standard InChI is InChI=1S/C24H30Cl3N3O4S/c1-6-20(23(32)28-24(2,3)4)29(14-16-7-9-17(25)10-8-16)22(31)15-30(35(5,33)34)21-13-18(26)11-12-19(21)27/h7-13,20H,6,14-15H2,1-5H3,(H,28,32). The minimum absolute atomic E-state index is 0.0763. The first-order valence-electron chi connectivity index (χ1n) is 10.9. The van der Waals surface area contributed by atoms with Crippen molar-refractivity contribution in [2.45, 2.75) is 52.2 Å². The van der Waals surface area contributed by atoms with Gasteiger partial charge in [0.05, 0.1) is 17.0 Å². The normalized spacial score (nSPS) is 12.7. The molecule has 0 saturated heterocycles. The van der Waals surface area contributed by atoms with Crippen LogP contribution in [0.25, 0.3) is 0 Å². The molecule has 0 aliphatic heterocycles. The molecule has 0 bridgehead atoms. The highest BCUT2D eigenvalue weighted by Crippen LogP contribution is 2.31. The monoisotopic (exact) mass is 561 g/mol. The summed E-state index contributed by atoms with van der Waals surface area (Å²) in [5, 5.41) is 3.82. The highest BCUT2D eigenvalue weighted by Gasteiger charge is 2.33. The van der Waals surface area contributed by atoms with E-state index in [2.05, 4.69) is 5.32 Å². The Morgan fingerprint density at radius 3 is 2.09 bits per heavy atom. The first-order valence-corrected chi connectivity index (χ1v) is 13.9. The van der Waals surface area contributed by atoms with Gasteiger partial charge in [-0.05, 0) is 63.1 Å². The Balaban J connectivity index is 2.49. The zero-order valence-electron chi connectivity index (χ0n) is 20.3. The number of carbonyl (C=O) groups excluding carboxylic acids is 2. The molecule has 7 nitrogen and oxygen atoms in total. The average molecular weight is 563 g/mol. The number of nitrogens with zero attached hydrogens (tertiary/aromatic N) is 2. The second-order valence-electron chi connectivity index (χ2n) is 9.18. The number of sulfonamides is 1. The Kier molecular flexibility index (Phi) is 9.87. The molecule has 192 valence electrons. The number of benzene rings is 2. The zero-order valence-corrected chi connectivity index (χ0v) is 23.4. The third-order valence-electron chi connectivity index (χ3n) is 5.01. The molecule has 0 spiro atoms. The number of amides is 2. The van der Waals surface area contributed by atoms with Crippen LogP contribution in [0.2, 0.25) is 15.1 Å². The molecule has 11 heteroatoms. The van der Waals surface area contributed by atoms with Gasteiger partial charge in [0.2, 0.25) is 21.8 Å². The Bertz CT molecular complexity index is 1170. The van der Waals surface area contributed by atoms with Crippen molar-refractivity contribution >= 4 is 62.3 Å². The second-order valence-corrected chi connectivity index (χ2v) is 12.4. The highest BCUT2D eigenvalue weighted by atomic mass is 35.5. The lowest BCUT2D eigenvalue weighted by Gasteiger charge is -2.34. The molecule has 0 saturated carbocycles. The van der Waals surface area contributed by atoms with E-state index in [-0.39, 0.29) is 28.2 Å². The molecule has 0 heterocycles. The largest absolute Gasteiger partial charge is 0.350 e. The molecule has 0 aromatic heterocycles. The molecule has 2 amide bonds. The maximum Gasteiger partial charge on any atom is 0.244 e. The van der Waals surface area contributed by atoms with Gasteiger partial charge in [-0.2, -0.15) is 0 Å². The fourth-order valence-electron chi connectivity index (χ4n) is 3.43. The highest BCUT2D eigenvalue weighted by molar-refractivity contribution is 7.92. The number of carbonyl (C=O) groups is 2. The van der Waals surface area contributed by atoms with Gasteiger partial charge in [0.1, 0.15) is 12.6 Å². The number of hydrogen-bond donors (Lipinski definition) is 1. The molecule has 1 N–H and O–H groups in total. The van der Waals surface area contributed by atoms with E-state index >= 15 is 0 Å². The van der Waals surface area contributed by atoms with Crippen molar-refractivity contribution in [2.24, 2.45) is 0 Å². The Hall–Kier alpha value is -2.00. The van der Waals surface area contributed by atoms with E-state index in [1.807, 2.05) is 20.8 Å². The summed E-state index contributed by atoms with van der Waals surface area (Å²) in [6.07, 6.45) is 1.29. The molecule has 0 fully saturated rings. The number of rotatable bonds is 9. The van der Waals surface area contributed by atoms with Gasteiger partial charge in [-0.15, -0.1) is 0 Å². The van der Waals surface area contributed by atoms with Gasteiger partial charge >= 0.3 is 0 Å². The van der Waals surface area contributed by atoms with Gasteiger partial charge < -0.3 is 10.2 Å². The molecule has 1 unspecified atom stereocenters. The third-order valence-corrected chi connectivity index (χ3v) is 6.94. The van der Waals surface area contributed by atoms with Crippen LogP contribution in [0.4, 0.5) is 5.69 Å². The summed E-state index contributed by atoms with van der Waals surface area (Å²) in [5.41, 5.74) is 0.289. The lowest BCUT2D eigenvalue weighted by Crippen LogP contribution is -2.55. The number of hydrogen-bond acceptors (Lipinski definition) is 4. The number of nitrogens with one attached hydrogen (secondary N) is 1. The minimum Gasteiger partial charge on any atom is -0.350 e. The Morgan fingerprint density at radius 2 is 1.57 bits per heavy atom. The summed E-state index contributed by atoms with van der Waals surface area (Å²) in [6.45, 7) is 6.83. The minimum atomic E-state index is -3.92. The lowest BCUT2D eigenvalue weighted by atomic mass is 10.1. The predicted molar refractivity (Wildman–Crippen MR) is 143 cm³/mol. The van der Waals surface area contributed by atoms with Gasteiger partial charge in [-0.1, -0.05) is 53.9 Å². The van der Waals surface area contributed by atoms with Crippen LogP contribution in [0.15, 0.2) is 42.5 Å². The zero-order chi connectivity index (χ0) is 26.6. The lowest BCUT2D eigenvalue weighted by molar-refractivity contribution is -0.141. The maximum atomic E-state index is 13.6. The first-order chi connectivity index (χ1) is 16.1. The molecule has 2 rings (SSSR count). The Labute approximate surface area is 222 Å². The van der Waals surface area contributed by atoms with Crippen molar-refractivity contribution in [3.63, 3.8) is 0 Å². The van der Waals surface area contributed by atoms with Crippen LogP contribution in [0, 0.1) is 0 Å². The molecule has 0 aliphatic rings. The Morgan fingerprint density at radius 1 is 1.00 bits per heavy atom. The summed E-state index contributed by atoms with van der Waals surface area (Å²) in [6, 6.07) is 10.4. The average Bonchev–Trinajstić information content (AvgIpc) is 2.73. The van der Waals surface area contributed by atoms with E-state index in [0.717, 1.165) is 16.1 Å². The van der Waals surface area contributed by atoms with E-state index < -0.39 is 34.1 Å². The topological polar surface area (TPSA) is 86.8 Å². The van der Waals surface area contributed by atoms with Crippen molar-refractivity contribution in [3.05, 3.63) is 63.1 Å². The van der Waals surface area contributed by atoms with Gasteiger partial charge in [-0.25, -0.2) is 8.42 Å². The third kappa shape index (κ3) is 8.56. The van der Waals surface area contributed by atoms with Crippen LogP contribution in [-0.2, 0) is 26.2 Å². The fraction of sp³-hybridized carbons (Fsp3) is 0.417. The molecule has 35 heavy (non-hydrogen) atoms. The summed E-state index contributed by atoms with van der Waals surface area (Å²) >= 11 is 18.3. The van der Waals surface area contributed by atoms with Crippen LogP contribution in [0.3, 0.4) is 0 Å². The molecular weight excluding hydrogens is 533 g/mol. The fourth-order valence-corrected chi connectivity index (χ4v) is 4.85. The molecule has 1 atom stereocenters. The van der Waals surface area contributed by atoms with Crippen molar-refractivity contribution in [3.8, 4) is 0 Å². The quantitative estimate of drug-likeness (QED) is 0.459. The summed E-state index contributed by atoms with van der Waals surface area (Å²) < 4.78 is 26.2. The van der Waals surface area contributed by atoms with E-state index in [4.69, 9.17) is 34.8 Å². The SMILES string of the molecule is CCC(C(=O)NC(C)(C)C)N(Cc1ccc(Cl)cc1)C(=O)CN(c1cc(Cl)ccc1Cl)S(C)(=O)=O. The molecule has 0 radical (unpaired) electrons. The van der Waals surface area contributed by atoms with Crippen LogP contribution in [-0.4, -0.2) is 49.5 Å². The van der Waals surface area contributed by atoms with E-state index in [9.17, 15) is 18.0 Å². The first kappa shape index (κ1) is 29.2.